The number of likely N-dealkylation sites (tertiary alicyclic amines) is 1. The van der Waals surface area contributed by atoms with Gasteiger partial charge in [-0.15, -0.1) is 0 Å². The summed E-state index contributed by atoms with van der Waals surface area (Å²) in [5, 5.41) is 0.960. The number of aromatic amines is 1. The van der Waals surface area contributed by atoms with Crippen molar-refractivity contribution in [2.45, 2.75) is 18.9 Å². The molecule has 5 rings (SSSR count). The third-order valence-electron chi connectivity index (χ3n) is 5.42. The van der Waals surface area contributed by atoms with E-state index in [1.54, 1.807) is 6.07 Å². The van der Waals surface area contributed by atoms with Crippen LogP contribution in [0.3, 0.4) is 0 Å². The summed E-state index contributed by atoms with van der Waals surface area (Å²) in [6, 6.07) is 12.3. The second kappa shape index (κ2) is 5.94. The van der Waals surface area contributed by atoms with Crippen molar-refractivity contribution in [1.29, 1.82) is 0 Å². The molecule has 0 spiro atoms. The minimum atomic E-state index is -0.298. The number of aromatic nitrogens is 3. The summed E-state index contributed by atoms with van der Waals surface area (Å²) < 4.78 is 15.5. The number of carbonyl (C=O) groups is 1. The lowest BCUT2D eigenvalue weighted by Gasteiger charge is -2.23. The number of hydrogen-bond donors (Lipinski definition) is 1. The van der Waals surface area contributed by atoms with Crippen molar-refractivity contribution < 1.29 is 9.18 Å². The summed E-state index contributed by atoms with van der Waals surface area (Å²) >= 11 is 0. The van der Waals surface area contributed by atoms with Crippen molar-refractivity contribution >= 4 is 27.8 Å². The average Bonchev–Trinajstić information content (AvgIpc) is 3.38. The van der Waals surface area contributed by atoms with Crippen LogP contribution in [0.2, 0.25) is 0 Å². The molecule has 4 aromatic rings. The first kappa shape index (κ1) is 16.1. The van der Waals surface area contributed by atoms with Gasteiger partial charge in [-0.05, 0) is 37.1 Å². The van der Waals surface area contributed by atoms with E-state index in [-0.39, 0.29) is 17.8 Å². The molecule has 1 atom stereocenters. The van der Waals surface area contributed by atoms with Gasteiger partial charge in [0.05, 0.1) is 22.6 Å². The number of halogens is 1. The first-order valence-electron chi connectivity index (χ1n) is 9.12. The van der Waals surface area contributed by atoms with Gasteiger partial charge in [-0.3, -0.25) is 4.79 Å². The minimum absolute atomic E-state index is 0.0148. The Morgan fingerprint density at radius 3 is 3.00 bits per heavy atom. The van der Waals surface area contributed by atoms with E-state index >= 15 is 0 Å². The first-order valence-corrected chi connectivity index (χ1v) is 9.12. The molecule has 1 amide bonds. The predicted molar refractivity (Wildman–Crippen MR) is 102 cm³/mol. The van der Waals surface area contributed by atoms with E-state index in [2.05, 4.69) is 9.97 Å². The summed E-state index contributed by atoms with van der Waals surface area (Å²) in [5.74, 6) is 0.440. The van der Waals surface area contributed by atoms with E-state index < -0.39 is 0 Å². The highest BCUT2D eigenvalue weighted by Crippen LogP contribution is 2.34. The fourth-order valence-corrected chi connectivity index (χ4v) is 4.12. The number of carbonyl (C=O) groups excluding carboxylic acids is 1. The van der Waals surface area contributed by atoms with Crippen molar-refractivity contribution in [3.8, 4) is 0 Å². The Balaban J connectivity index is 1.54. The molecule has 6 heteroatoms. The number of rotatable bonds is 2. The second-order valence-electron chi connectivity index (χ2n) is 7.11. The van der Waals surface area contributed by atoms with Crippen LogP contribution in [0.15, 0.2) is 48.7 Å². The van der Waals surface area contributed by atoms with E-state index in [0.717, 1.165) is 35.1 Å². The Labute approximate surface area is 155 Å². The van der Waals surface area contributed by atoms with Crippen molar-refractivity contribution in [3.05, 3.63) is 65.9 Å². The number of amides is 1. The van der Waals surface area contributed by atoms with Crippen molar-refractivity contribution in [2.75, 3.05) is 6.54 Å². The number of fused-ring (bicyclic) bond motifs is 2. The number of benzene rings is 2. The molecule has 0 saturated carbocycles. The van der Waals surface area contributed by atoms with Gasteiger partial charge in [0.2, 0.25) is 0 Å². The molecule has 0 bridgehead atoms. The predicted octanol–water partition coefficient (Wildman–Crippen LogP) is 4.17. The third-order valence-corrected chi connectivity index (χ3v) is 5.42. The van der Waals surface area contributed by atoms with Crippen LogP contribution in [0.25, 0.3) is 21.9 Å². The summed E-state index contributed by atoms with van der Waals surface area (Å²) in [7, 11) is 1.95. The molecule has 1 saturated heterocycles. The van der Waals surface area contributed by atoms with E-state index in [0.29, 0.717) is 17.6 Å². The molecular weight excluding hydrogens is 343 g/mol. The molecule has 5 nitrogen and oxygen atoms in total. The molecule has 0 unspecified atom stereocenters. The molecule has 3 heterocycles. The zero-order valence-corrected chi connectivity index (χ0v) is 14.9. The van der Waals surface area contributed by atoms with Crippen LogP contribution in [0.4, 0.5) is 4.39 Å². The summed E-state index contributed by atoms with van der Waals surface area (Å²) in [6.45, 7) is 0.693. The standard InChI is InChI=1S/C21H19FN4O/c1-25-12-15(14-5-2-3-6-18(14)25)21(27)26-10-4-7-19(26)20-23-16-9-8-13(22)11-17(16)24-20/h2-3,5-6,8-9,11-12,19H,4,7,10H2,1H3,(H,23,24)/t19-/m0/s1. The smallest absolute Gasteiger partial charge is 0.256 e. The van der Waals surface area contributed by atoms with Crippen LogP contribution in [-0.4, -0.2) is 31.9 Å². The Morgan fingerprint density at radius 1 is 1.26 bits per heavy atom. The molecule has 27 heavy (non-hydrogen) atoms. The molecule has 1 aliphatic heterocycles. The lowest BCUT2D eigenvalue weighted by Crippen LogP contribution is -2.31. The number of nitrogens with one attached hydrogen (secondary N) is 1. The van der Waals surface area contributed by atoms with Gasteiger partial charge < -0.3 is 14.5 Å². The number of aryl methyl sites for hydroxylation is 1. The molecule has 1 aliphatic rings. The van der Waals surface area contributed by atoms with Crippen molar-refractivity contribution in [2.24, 2.45) is 7.05 Å². The van der Waals surface area contributed by atoms with Gasteiger partial charge in [0.15, 0.2) is 0 Å². The maximum absolute atomic E-state index is 13.5. The van der Waals surface area contributed by atoms with Crippen LogP contribution in [-0.2, 0) is 7.05 Å². The van der Waals surface area contributed by atoms with Crippen molar-refractivity contribution in [3.63, 3.8) is 0 Å². The minimum Gasteiger partial charge on any atom is -0.350 e. The van der Waals surface area contributed by atoms with Crippen LogP contribution < -0.4 is 0 Å². The summed E-state index contributed by atoms with van der Waals surface area (Å²) in [4.78, 5) is 23.0. The zero-order chi connectivity index (χ0) is 18.5. The first-order chi connectivity index (χ1) is 13.1. The lowest BCUT2D eigenvalue weighted by molar-refractivity contribution is 0.0732. The quantitative estimate of drug-likeness (QED) is 0.582. The normalized spacial score (nSPS) is 17.3. The number of para-hydroxylation sites is 1. The van der Waals surface area contributed by atoms with Crippen LogP contribution >= 0.6 is 0 Å². The van der Waals surface area contributed by atoms with Crippen molar-refractivity contribution in [1.82, 2.24) is 19.4 Å². The van der Waals surface area contributed by atoms with Gasteiger partial charge in [0.25, 0.3) is 5.91 Å². The van der Waals surface area contributed by atoms with E-state index in [1.165, 1.54) is 12.1 Å². The Morgan fingerprint density at radius 2 is 2.11 bits per heavy atom. The number of nitrogens with zero attached hydrogens (tertiary/aromatic N) is 3. The second-order valence-corrected chi connectivity index (χ2v) is 7.11. The fourth-order valence-electron chi connectivity index (χ4n) is 4.12. The maximum Gasteiger partial charge on any atom is 0.256 e. The molecule has 0 aliphatic carbocycles. The Hall–Kier alpha value is -3.15. The molecule has 1 fully saturated rings. The molecule has 1 N–H and O–H groups in total. The fraction of sp³-hybridized carbons (Fsp3) is 0.238. The molecule has 0 radical (unpaired) electrons. The van der Waals surface area contributed by atoms with Gasteiger partial charge in [-0.1, -0.05) is 18.2 Å². The maximum atomic E-state index is 13.5. The van der Waals surface area contributed by atoms with E-state index in [4.69, 9.17) is 0 Å². The monoisotopic (exact) mass is 362 g/mol. The van der Waals surface area contributed by atoms with E-state index in [1.807, 2.05) is 47.0 Å². The number of H-pyrrole nitrogens is 1. The molecular formula is C21H19FN4O. The van der Waals surface area contributed by atoms with Gasteiger partial charge in [0.1, 0.15) is 11.6 Å². The van der Waals surface area contributed by atoms with Gasteiger partial charge >= 0.3 is 0 Å². The highest BCUT2D eigenvalue weighted by molar-refractivity contribution is 6.07. The van der Waals surface area contributed by atoms with Gasteiger partial charge in [-0.2, -0.15) is 0 Å². The molecule has 136 valence electrons. The molecule has 2 aromatic heterocycles. The highest BCUT2D eigenvalue weighted by atomic mass is 19.1. The van der Waals surface area contributed by atoms with Crippen LogP contribution in [0.1, 0.15) is 35.1 Å². The van der Waals surface area contributed by atoms with Crippen LogP contribution in [0, 0.1) is 5.82 Å². The Bertz CT molecular complexity index is 1180. The van der Waals surface area contributed by atoms with Gasteiger partial charge in [0, 0.05) is 30.7 Å². The summed E-state index contributed by atoms with van der Waals surface area (Å²) in [6.07, 6.45) is 3.67. The molecule has 2 aromatic carbocycles. The number of hydrogen-bond acceptors (Lipinski definition) is 2. The third kappa shape index (κ3) is 2.51. The largest absolute Gasteiger partial charge is 0.350 e. The summed E-state index contributed by atoms with van der Waals surface area (Å²) in [5.41, 5.74) is 3.13. The van der Waals surface area contributed by atoms with Gasteiger partial charge in [-0.25, -0.2) is 9.37 Å². The van der Waals surface area contributed by atoms with Crippen LogP contribution in [0.5, 0.6) is 0 Å². The number of imidazole rings is 1. The SMILES string of the molecule is Cn1cc(C(=O)N2CCC[C@H]2c2nc3ccc(F)cc3[nH]2)c2ccccc21. The average molecular weight is 362 g/mol. The lowest BCUT2D eigenvalue weighted by atomic mass is 10.1. The topological polar surface area (TPSA) is 53.9 Å². The Kier molecular flexibility index (Phi) is 3.53. The zero-order valence-electron chi connectivity index (χ0n) is 14.9. The van der Waals surface area contributed by atoms with E-state index in [9.17, 15) is 9.18 Å². The highest BCUT2D eigenvalue weighted by Gasteiger charge is 2.33.